The Hall–Kier alpha value is 1.40. The zero-order chi connectivity index (χ0) is 14.4. The lowest BCUT2D eigenvalue weighted by atomic mass is 9.73. The molecule has 1 unspecified atom stereocenters. The van der Waals surface area contributed by atoms with Crippen molar-refractivity contribution in [3.05, 3.63) is 10.1 Å². The monoisotopic (exact) mass is 394 g/mol. The number of hydrogen-bond donors (Lipinski definition) is 1. The fourth-order valence-electron chi connectivity index (χ4n) is 5.31. The summed E-state index contributed by atoms with van der Waals surface area (Å²) in [5, 5.41) is 10.9. The molecule has 1 N–H and O–H groups in total. The highest BCUT2D eigenvalue weighted by Gasteiger charge is 2.91. The van der Waals surface area contributed by atoms with E-state index in [1.807, 2.05) is 0 Å². The third-order valence-electron chi connectivity index (χ3n) is 5.99. The van der Waals surface area contributed by atoms with Crippen LogP contribution in [0, 0.1) is 23.7 Å². The number of epoxide rings is 1. The minimum Gasteiger partial charge on any atom is -0.392 e. The van der Waals surface area contributed by atoms with Crippen molar-refractivity contribution >= 4 is 69.6 Å². The number of alkyl halides is 4. The number of halogens is 6. The SMILES string of the molecule is OC1[C@@H]2[C@@H]3O[C@@H]3[C@H]1[C@H]1[C@@H]2[C@]2(Cl)C(Cl)=C(Cl)[C@]1(Cl)C2(Cl)Cl. The fraction of sp³-hybridized carbons (Fsp3) is 0.833. The van der Waals surface area contributed by atoms with Crippen LogP contribution in [0.3, 0.4) is 0 Å². The van der Waals surface area contributed by atoms with Gasteiger partial charge in [-0.1, -0.05) is 46.4 Å². The van der Waals surface area contributed by atoms with Crippen LogP contribution < -0.4 is 0 Å². The van der Waals surface area contributed by atoms with E-state index in [-0.39, 0.29) is 45.9 Å². The summed E-state index contributed by atoms with van der Waals surface area (Å²) in [6, 6.07) is 0. The van der Waals surface area contributed by atoms with Crippen molar-refractivity contribution in [2.75, 3.05) is 0 Å². The number of allylic oxidation sites excluding steroid dienone is 2. The van der Waals surface area contributed by atoms with E-state index in [0.717, 1.165) is 0 Å². The van der Waals surface area contributed by atoms with Crippen LogP contribution in [-0.2, 0) is 4.74 Å². The zero-order valence-corrected chi connectivity index (χ0v) is 14.2. The maximum Gasteiger partial charge on any atom is 0.166 e. The van der Waals surface area contributed by atoms with Crippen molar-refractivity contribution in [3.63, 3.8) is 0 Å². The first-order chi connectivity index (χ1) is 9.20. The third-order valence-corrected chi connectivity index (χ3v) is 10.3. The Morgan fingerprint density at radius 3 is 1.65 bits per heavy atom. The van der Waals surface area contributed by atoms with Gasteiger partial charge < -0.3 is 9.84 Å². The van der Waals surface area contributed by atoms with E-state index >= 15 is 0 Å². The molecule has 0 spiro atoms. The molecule has 0 aromatic rings. The zero-order valence-electron chi connectivity index (χ0n) is 9.66. The third kappa shape index (κ3) is 0.991. The van der Waals surface area contributed by atoms with Crippen molar-refractivity contribution < 1.29 is 9.84 Å². The van der Waals surface area contributed by atoms with Crippen LogP contribution in [0.15, 0.2) is 10.1 Å². The summed E-state index contributed by atoms with van der Waals surface area (Å²) in [5.74, 6) is -0.724. The molecule has 0 radical (unpaired) electrons. The second-order valence-electron chi connectivity index (χ2n) is 6.39. The maximum atomic E-state index is 10.5. The Labute approximate surface area is 145 Å². The van der Waals surface area contributed by atoms with Crippen molar-refractivity contribution in [1.82, 2.24) is 0 Å². The topological polar surface area (TPSA) is 32.8 Å². The molecule has 8 heteroatoms. The van der Waals surface area contributed by atoms with E-state index in [2.05, 4.69) is 0 Å². The van der Waals surface area contributed by atoms with Crippen molar-refractivity contribution in [1.29, 1.82) is 0 Å². The molecule has 1 heterocycles. The van der Waals surface area contributed by atoms with Crippen LogP contribution in [0.4, 0.5) is 0 Å². The summed E-state index contributed by atoms with van der Waals surface area (Å²) in [6.45, 7) is 0. The van der Waals surface area contributed by atoms with E-state index in [1.165, 1.54) is 0 Å². The summed E-state index contributed by atoms with van der Waals surface area (Å²) in [5.41, 5.74) is 0. The molecule has 5 rings (SSSR count). The molecule has 5 aliphatic rings. The minimum absolute atomic E-state index is 0.0128. The maximum absolute atomic E-state index is 10.5. The van der Waals surface area contributed by atoms with Crippen LogP contribution in [-0.4, -0.2) is 37.5 Å². The first kappa shape index (κ1) is 13.8. The van der Waals surface area contributed by atoms with Gasteiger partial charge >= 0.3 is 0 Å². The molecule has 4 bridgehead atoms. The number of ether oxygens (including phenoxy) is 1. The minimum atomic E-state index is -1.50. The van der Waals surface area contributed by atoms with E-state index in [0.29, 0.717) is 0 Å². The average Bonchev–Trinajstić information content (AvgIpc) is 3.01. The van der Waals surface area contributed by atoms with Gasteiger partial charge in [-0.3, -0.25) is 0 Å². The average molecular weight is 397 g/mol. The number of hydrogen-bond acceptors (Lipinski definition) is 2. The highest BCUT2D eigenvalue weighted by atomic mass is 35.5. The molecule has 4 aliphatic carbocycles. The molecular weight excluding hydrogens is 389 g/mol. The normalized spacial score (nSPS) is 67.7. The van der Waals surface area contributed by atoms with Crippen LogP contribution in [0.25, 0.3) is 0 Å². The predicted molar refractivity (Wildman–Crippen MR) is 79.0 cm³/mol. The van der Waals surface area contributed by atoms with Gasteiger partial charge in [-0.25, -0.2) is 0 Å². The first-order valence-electron chi connectivity index (χ1n) is 6.36. The summed E-state index contributed by atoms with van der Waals surface area (Å²) >= 11 is 39.3. The molecule has 20 heavy (non-hydrogen) atoms. The van der Waals surface area contributed by atoms with E-state index < -0.39 is 20.2 Å². The Balaban J connectivity index is 1.80. The lowest BCUT2D eigenvalue weighted by molar-refractivity contribution is 0.0503. The number of rotatable bonds is 0. The van der Waals surface area contributed by atoms with E-state index in [9.17, 15) is 5.11 Å². The first-order valence-corrected chi connectivity index (χ1v) is 8.63. The van der Waals surface area contributed by atoms with E-state index in [1.54, 1.807) is 0 Å². The molecule has 2 nitrogen and oxygen atoms in total. The Morgan fingerprint density at radius 1 is 0.850 bits per heavy atom. The number of aliphatic hydroxyl groups is 1. The smallest absolute Gasteiger partial charge is 0.166 e. The van der Waals surface area contributed by atoms with Gasteiger partial charge in [0.05, 0.1) is 28.4 Å². The summed E-state index contributed by atoms with van der Waals surface area (Å²) in [7, 11) is 0. The fourth-order valence-corrected chi connectivity index (χ4v) is 8.41. The van der Waals surface area contributed by atoms with Gasteiger partial charge in [-0.05, 0) is 11.8 Å². The second-order valence-corrected chi connectivity index (χ2v) is 9.66. The van der Waals surface area contributed by atoms with Gasteiger partial charge in [0, 0.05) is 11.8 Å². The molecule has 0 amide bonds. The second kappa shape index (κ2) is 3.42. The lowest BCUT2D eigenvalue weighted by Crippen LogP contribution is -2.48. The van der Waals surface area contributed by atoms with Crippen LogP contribution in [0.2, 0.25) is 0 Å². The summed E-state index contributed by atoms with van der Waals surface area (Å²) in [4.78, 5) is -2.53. The summed E-state index contributed by atoms with van der Waals surface area (Å²) < 4.78 is 4.13. The van der Waals surface area contributed by atoms with Crippen molar-refractivity contribution in [2.45, 2.75) is 32.4 Å². The Morgan fingerprint density at radius 2 is 1.25 bits per heavy atom. The molecule has 1 saturated heterocycles. The summed E-state index contributed by atoms with van der Waals surface area (Å²) in [6.07, 6.45) is -0.487. The lowest BCUT2D eigenvalue weighted by Gasteiger charge is -2.37. The largest absolute Gasteiger partial charge is 0.392 e. The quantitative estimate of drug-likeness (QED) is 0.386. The molecule has 9 atom stereocenters. The van der Waals surface area contributed by atoms with E-state index in [4.69, 9.17) is 74.3 Å². The molecule has 110 valence electrons. The van der Waals surface area contributed by atoms with Gasteiger partial charge in [0.25, 0.3) is 0 Å². The molecule has 0 aromatic heterocycles. The van der Waals surface area contributed by atoms with Crippen LogP contribution in [0.1, 0.15) is 0 Å². The van der Waals surface area contributed by atoms with Crippen LogP contribution in [0.5, 0.6) is 0 Å². The molecule has 1 aliphatic heterocycles. The Kier molecular flexibility index (Phi) is 2.36. The van der Waals surface area contributed by atoms with Gasteiger partial charge in [0.2, 0.25) is 0 Å². The van der Waals surface area contributed by atoms with Gasteiger partial charge in [0.1, 0.15) is 9.75 Å². The van der Waals surface area contributed by atoms with Crippen molar-refractivity contribution in [2.24, 2.45) is 23.7 Å². The molecule has 3 saturated carbocycles. The van der Waals surface area contributed by atoms with Gasteiger partial charge in [-0.2, -0.15) is 0 Å². The molecular formula is C12H8Cl6O2. The highest BCUT2D eigenvalue weighted by Crippen LogP contribution is 2.84. The number of fused-ring (bicyclic) bond motifs is 12. The van der Waals surface area contributed by atoms with Gasteiger partial charge in [-0.15, -0.1) is 23.2 Å². The molecule has 0 aromatic carbocycles. The van der Waals surface area contributed by atoms with Crippen LogP contribution >= 0.6 is 69.6 Å². The predicted octanol–water partition coefficient (Wildman–Crippen LogP) is 3.45. The number of aliphatic hydroxyl groups excluding tert-OH is 1. The standard InChI is InChI=1S/C12H8Cl6O2/c13-8-9(14)11(16)4-2-5(19)1(6-7(2)20-6)3(4)10(8,15)12(11,17)18/h1-7,19H/t1-,2+,3-,4+,5?,6+,7-,10-,11-/m0/s1. The van der Waals surface area contributed by atoms with Gasteiger partial charge in [0.15, 0.2) is 4.33 Å². The Bertz CT molecular complexity index is 546. The molecule has 4 fully saturated rings. The van der Waals surface area contributed by atoms with Crippen molar-refractivity contribution in [3.8, 4) is 0 Å². The highest BCUT2D eigenvalue weighted by molar-refractivity contribution is 6.65.